The van der Waals surface area contributed by atoms with Crippen molar-refractivity contribution in [2.24, 2.45) is 0 Å². The van der Waals surface area contributed by atoms with E-state index in [1.165, 1.54) is 6.20 Å². The molecule has 0 atom stereocenters. The number of imidazole rings is 1. The molecular weight excluding hydrogens is 288 g/mol. The number of halogens is 2. The predicted molar refractivity (Wildman–Crippen MR) is 77.7 cm³/mol. The van der Waals surface area contributed by atoms with Crippen LogP contribution >= 0.6 is 0 Å². The van der Waals surface area contributed by atoms with E-state index in [2.05, 4.69) is 19.9 Å². The van der Waals surface area contributed by atoms with E-state index in [0.717, 1.165) is 12.6 Å². The van der Waals surface area contributed by atoms with Crippen LogP contribution in [-0.2, 0) is 5.92 Å². The lowest BCUT2D eigenvalue weighted by Gasteiger charge is -2.09. The molecule has 0 aromatic carbocycles. The molecule has 0 radical (unpaired) electrons. The Morgan fingerprint density at radius 1 is 1.14 bits per heavy atom. The highest BCUT2D eigenvalue weighted by Crippen LogP contribution is 2.26. The highest BCUT2D eigenvalue weighted by Gasteiger charge is 2.28. The average Bonchev–Trinajstić information content (AvgIpc) is 2.89. The Balaban J connectivity index is 2.11. The molecule has 0 fully saturated rings. The highest BCUT2D eigenvalue weighted by atomic mass is 19.3. The van der Waals surface area contributed by atoms with Gasteiger partial charge in [-0.2, -0.15) is 8.78 Å². The van der Waals surface area contributed by atoms with Gasteiger partial charge in [0.2, 0.25) is 5.78 Å². The molecular formula is C15H15F2N5. The van der Waals surface area contributed by atoms with Crippen molar-refractivity contribution in [3.05, 3.63) is 42.2 Å². The average molecular weight is 303 g/mol. The topological polar surface area (TPSA) is 56.0 Å². The first kappa shape index (κ1) is 14.5. The van der Waals surface area contributed by atoms with Crippen molar-refractivity contribution in [2.75, 3.05) is 0 Å². The zero-order valence-corrected chi connectivity index (χ0v) is 12.5. The molecule has 7 heteroatoms. The summed E-state index contributed by atoms with van der Waals surface area (Å²) in [4.78, 5) is 16.3. The molecule has 22 heavy (non-hydrogen) atoms. The molecule has 0 spiro atoms. The maximum absolute atomic E-state index is 13.4. The van der Waals surface area contributed by atoms with Crippen molar-refractivity contribution in [1.82, 2.24) is 24.3 Å². The number of nitrogens with zero attached hydrogens (tertiary/aromatic N) is 5. The normalized spacial score (nSPS) is 12.3. The minimum atomic E-state index is -3.08. The number of hydrogen-bond acceptors (Lipinski definition) is 4. The lowest BCUT2D eigenvalue weighted by Crippen LogP contribution is -2.12. The van der Waals surface area contributed by atoms with E-state index < -0.39 is 11.7 Å². The summed E-state index contributed by atoms with van der Waals surface area (Å²) in [5.74, 6) is -2.79. The first-order valence-electron chi connectivity index (χ1n) is 6.92. The Morgan fingerprint density at radius 2 is 1.91 bits per heavy atom. The zero-order valence-electron chi connectivity index (χ0n) is 12.5. The molecule has 0 unspecified atom stereocenters. The molecule has 3 rings (SSSR count). The van der Waals surface area contributed by atoms with Crippen LogP contribution < -0.4 is 0 Å². The van der Waals surface area contributed by atoms with E-state index >= 15 is 0 Å². The van der Waals surface area contributed by atoms with Gasteiger partial charge < -0.3 is 0 Å². The summed E-state index contributed by atoms with van der Waals surface area (Å²) in [5, 5.41) is 0. The van der Waals surface area contributed by atoms with Crippen LogP contribution in [0, 0.1) is 0 Å². The van der Waals surface area contributed by atoms with Crippen LogP contribution in [0.4, 0.5) is 8.78 Å². The fraction of sp³-hybridized carbons (Fsp3) is 0.333. The van der Waals surface area contributed by atoms with Gasteiger partial charge in [0.1, 0.15) is 0 Å². The maximum atomic E-state index is 13.4. The first-order valence-corrected chi connectivity index (χ1v) is 6.92. The Kier molecular flexibility index (Phi) is 3.35. The van der Waals surface area contributed by atoms with E-state index in [4.69, 9.17) is 0 Å². The lowest BCUT2D eigenvalue weighted by molar-refractivity contribution is 0.00779. The summed E-state index contributed by atoms with van der Waals surface area (Å²) in [5.41, 5.74) is 1.91. The molecule has 0 saturated carbocycles. The number of rotatable bonds is 3. The Morgan fingerprint density at radius 3 is 2.59 bits per heavy atom. The Labute approximate surface area is 126 Å². The van der Waals surface area contributed by atoms with E-state index in [0.29, 0.717) is 17.2 Å². The van der Waals surface area contributed by atoms with Crippen molar-refractivity contribution in [2.45, 2.75) is 32.6 Å². The second-order valence-corrected chi connectivity index (χ2v) is 5.47. The molecule has 0 amide bonds. The van der Waals surface area contributed by atoms with Gasteiger partial charge in [-0.25, -0.2) is 19.9 Å². The van der Waals surface area contributed by atoms with Crippen LogP contribution in [0.3, 0.4) is 0 Å². The monoisotopic (exact) mass is 303 g/mol. The number of alkyl halides is 2. The third-order valence-electron chi connectivity index (χ3n) is 3.30. The van der Waals surface area contributed by atoms with Crippen LogP contribution in [0.15, 0.2) is 30.7 Å². The van der Waals surface area contributed by atoms with Gasteiger partial charge >= 0.3 is 5.92 Å². The number of fused-ring (bicyclic) bond motifs is 1. The number of aromatic nitrogens is 5. The van der Waals surface area contributed by atoms with Gasteiger partial charge in [0, 0.05) is 25.0 Å². The van der Waals surface area contributed by atoms with E-state index in [1.807, 2.05) is 26.1 Å². The smallest absolute Gasteiger partial charge is 0.282 e. The fourth-order valence-corrected chi connectivity index (χ4v) is 2.11. The molecule has 0 N–H and O–H groups in total. The van der Waals surface area contributed by atoms with Gasteiger partial charge in [0.15, 0.2) is 5.82 Å². The standard InChI is InChI=1S/C15H15F2N5/c1-9(2)10-5-7-22-12(8-19-14(22)21-10)11-4-6-18-13(20-11)15(3,16)17/h4-9H,1-3H3. The van der Waals surface area contributed by atoms with Crippen molar-refractivity contribution < 1.29 is 8.78 Å². The second-order valence-electron chi connectivity index (χ2n) is 5.47. The molecule has 114 valence electrons. The summed E-state index contributed by atoms with van der Waals surface area (Å²) in [6.07, 6.45) is 4.72. The summed E-state index contributed by atoms with van der Waals surface area (Å²) >= 11 is 0. The van der Waals surface area contributed by atoms with E-state index in [9.17, 15) is 8.78 Å². The second kappa shape index (κ2) is 5.08. The third-order valence-corrected chi connectivity index (χ3v) is 3.30. The maximum Gasteiger partial charge on any atom is 0.303 e. The van der Waals surface area contributed by atoms with Gasteiger partial charge in [-0.15, -0.1) is 0 Å². The van der Waals surface area contributed by atoms with Crippen molar-refractivity contribution in [1.29, 1.82) is 0 Å². The predicted octanol–water partition coefficient (Wildman–Crippen LogP) is 3.42. The quantitative estimate of drug-likeness (QED) is 0.744. The van der Waals surface area contributed by atoms with E-state index in [-0.39, 0.29) is 5.92 Å². The van der Waals surface area contributed by atoms with Gasteiger partial charge in [-0.1, -0.05) is 13.8 Å². The fourth-order valence-electron chi connectivity index (χ4n) is 2.11. The molecule has 0 saturated heterocycles. The SMILES string of the molecule is CC(C)c1ccn2c(-c3ccnc(C(C)(F)F)n3)cnc2n1. The van der Waals surface area contributed by atoms with Gasteiger partial charge in [0.25, 0.3) is 0 Å². The van der Waals surface area contributed by atoms with Crippen LogP contribution in [0.1, 0.15) is 38.2 Å². The van der Waals surface area contributed by atoms with Gasteiger partial charge in [0.05, 0.1) is 17.6 Å². The van der Waals surface area contributed by atoms with Crippen LogP contribution in [0.5, 0.6) is 0 Å². The zero-order chi connectivity index (χ0) is 15.9. The molecule has 3 aromatic heterocycles. The van der Waals surface area contributed by atoms with Crippen LogP contribution in [0.2, 0.25) is 0 Å². The molecule has 0 aliphatic rings. The first-order chi connectivity index (χ1) is 10.4. The molecule has 0 bridgehead atoms. The van der Waals surface area contributed by atoms with Gasteiger partial charge in [-0.05, 0) is 18.1 Å². The summed E-state index contributed by atoms with van der Waals surface area (Å²) in [7, 11) is 0. The van der Waals surface area contributed by atoms with Crippen LogP contribution in [0.25, 0.3) is 17.2 Å². The third kappa shape index (κ3) is 2.54. The summed E-state index contributed by atoms with van der Waals surface area (Å²) < 4.78 is 28.5. The Hall–Kier alpha value is -2.44. The van der Waals surface area contributed by atoms with Crippen molar-refractivity contribution >= 4 is 5.78 Å². The van der Waals surface area contributed by atoms with E-state index in [1.54, 1.807) is 16.7 Å². The minimum absolute atomic E-state index is 0.287. The molecule has 3 aromatic rings. The lowest BCUT2D eigenvalue weighted by atomic mass is 10.1. The van der Waals surface area contributed by atoms with Crippen LogP contribution in [-0.4, -0.2) is 24.3 Å². The Bertz CT molecular complexity index is 820. The highest BCUT2D eigenvalue weighted by molar-refractivity contribution is 5.58. The summed E-state index contributed by atoms with van der Waals surface area (Å²) in [6, 6.07) is 3.47. The molecule has 3 heterocycles. The van der Waals surface area contributed by atoms with Gasteiger partial charge in [-0.3, -0.25) is 4.40 Å². The minimum Gasteiger partial charge on any atom is -0.282 e. The number of hydrogen-bond donors (Lipinski definition) is 0. The summed E-state index contributed by atoms with van der Waals surface area (Å²) in [6.45, 7) is 4.86. The van der Waals surface area contributed by atoms with Crippen molar-refractivity contribution in [3.8, 4) is 11.4 Å². The molecule has 0 aliphatic heterocycles. The largest absolute Gasteiger partial charge is 0.303 e. The molecule has 0 aliphatic carbocycles. The molecule has 5 nitrogen and oxygen atoms in total. The van der Waals surface area contributed by atoms with Crippen molar-refractivity contribution in [3.63, 3.8) is 0 Å².